The summed E-state index contributed by atoms with van der Waals surface area (Å²) in [5.74, 6) is 0. The van der Waals surface area contributed by atoms with Crippen molar-refractivity contribution in [2.45, 2.75) is 54.9 Å². The Bertz CT molecular complexity index is 1370. The Labute approximate surface area is 266 Å². The lowest BCUT2D eigenvalue weighted by Crippen LogP contribution is -2.26. The second-order valence-electron chi connectivity index (χ2n) is 12.3. The van der Waals surface area contributed by atoms with Gasteiger partial charge in [-0.05, 0) is 60.1 Å². The van der Waals surface area contributed by atoms with Gasteiger partial charge in [0.25, 0.3) is 0 Å². The van der Waals surface area contributed by atoms with E-state index in [4.69, 9.17) is 4.98 Å². The second kappa shape index (κ2) is 14.3. The highest BCUT2D eigenvalue weighted by molar-refractivity contribution is 7.59. The highest BCUT2D eigenvalue weighted by Crippen LogP contribution is 2.73. The summed E-state index contributed by atoms with van der Waals surface area (Å²) in [5.41, 5.74) is 9.86. The SMILES string of the molecule is c1ccc([C@@H]2CC[C@@H](c3ccccc3)P2CN(Cc2ccccn2)CP2[C@H](c3ccccc3)CC[C@H]2c2ccccc2)cc1. The largest absolute Gasteiger partial charge is 0.289 e. The first kappa shape index (κ1) is 29.6. The molecule has 2 aliphatic rings. The van der Waals surface area contributed by atoms with Crippen LogP contribution in [0, 0.1) is 0 Å². The van der Waals surface area contributed by atoms with E-state index in [1.165, 1.54) is 53.6 Å². The third-order valence-electron chi connectivity index (χ3n) is 9.60. The molecule has 0 unspecified atom stereocenters. The molecule has 4 heteroatoms. The Balaban J connectivity index is 1.25. The van der Waals surface area contributed by atoms with Crippen LogP contribution in [-0.2, 0) is 6.54 Å². The van der Waals surface area contributed by atoms with E-state index < -0.39 is 0 Å². The Hall–Kier alpha value is -3.15. The summed E-state index contributed by atoms with van der Waals surface area (Å²) in [5, 5.41) is 0. The zero-order chi connectivity index (χ0) is 29.6. The average Bonchev–Trinajstić information content (AvgIpc) is 3.71. The lowest BCUT2D eigenvalue weighted by Gasteiger charge is -2.37. The lowest BCUT2D eigenvalue weighted by atomic mass is 10.0. The van der Waals surface area contributed by atoms with Gasteiger partial charge in [0.1, 0.15) is 0 Å². The van der Waals surface area contributed by atoms with Gasteiger partial charge in [-0.15, -0.1) is 0 Å². The van der Waals surface area contributed by atoms with Crippen molar-refractivity contribution in [3.8, 4) is 0 Å². The first-order valence-corrected chi connectivity index (χ1v) is 19.5. The molecule has 222 valence electrons. The van der Waals surface area contributed by atoms with Crippen molar-refractivity contribution >= 4 is 15.8 Å². The molecule has 0 amide bonds. The molecule has 2 nitrogen and oxygen atoms in total. The Morgan fingerprint density at radius 2 is 0.795 bits per heavy atom. The van der Waals surface area contributed by atoms with Crippen LogP contribution in [0.5, 0.6) is 0 Å². The van der Waals surface area contributed by atoms with E-state index in [0.717, 1.165) is 19.1 Å². The Morgan fingerprint density at radius 3 is 1.11 bits per heavy atom. The Kier molecular flexibility index (Phi) is 9.61. The maximum Gasteiger partial charge on any atom is 0.0544 e. The van der Waals surface area contributed by atoms with Gasteiger partial charge in [-0.2, -0.15) is 0 Å². The van der Waals surface area contributed by atoms with E-state index in [1.54, 1.807) is 0 Å². The van der Waals surface area contributed by atoms with Crippen molar-refractivity contribution in [1.29, 1.82) is 0 Å². The molecule has 0 spiro atoms. The van der Waals surface area contributed by atoms with Crippen molar-refractivity contribution < 1.29 is 0 Å². The molecule has 2 saturated heterocycles. The minimum Gasteiger partial charge on any atom is -0.289 e. The first-order valence-electron chi connectivity index (χ1n) is 16.2. The van der Waals surface area contributed by atoms with Crippen LogP contribution in [0.2, 0.25) is 0 Å². The number of nitrogens with zero attached hydrogens (tertiary/aromatic N) is 2. The number of rotatable bonds is 10. The predicted octanol–water partition coefficient (Wildman–Crippen LogP) is 11.3. The van der Waals surface area contributed by atoms with Gasteiger partial charge in [0.15, 0.2) is 0 Å². The zero-order valence-corrected chi connectivity index (χ0v) is 27.2. The van der Waals surface area contributed by atoms with Crippen LogP contribution in [-0.4, -0.2) is 22.5 Å². The molecule has 0 N–H and O–H groups in total. The molecule has 5 aromatic rings. The number of hydrogen-bond acceptors (Lipinski definition) is 2. The highest BCUT2D eigenvalue weighted by atomic mass is 31.1. The lowest BCUT2D eigenvalue weighted by molar-refractivity contribution is 0.356. The van der Waals surface area contributed by atoms with Crippen molar-refractivity contribution in [1.82, 2.24) is 9.88 Å². The fourth-order valence-corrected chi connectivity index (χ4v) is 14.9. The molecule has 0 saturated carbocycles. The van der Waals surface area contributed by atoms with Crippen LogP contribution in [0.1, 0.15) is 76.3 Å². The van der Waals surface area contributed by atoms with Crippen LogP contribution >= 0.6 is 15.8 Å². The molecule has 0 bridgehead atoms. The summed E-state index contributed by atoms with van der Waals surface area (Å²) < 4.78 is 0. The number of pyridine rings is 1. The molecule has 44 heavy (non-hydrogen) atoms. The smallest absolute Gasteiger partial charge is 0.0544 e. The van der Waals surface area contributed by atoms with Gasteiger partial charge in [-0.25, -0.2) is 0 Å². The van der Waals surface area contributed by atoms with Crippen LogP contribution < -0.4 is 0 Å². The number of hydrogen-bond donors (Lipinski definition) is 0. The summed E-state index contributed by atoms with van der Waals surface area (Å²) in [6.45, 7) is 0.921. The van der Waals surface area contributed by atoms with Gasteiger partial charge < -0.3 is 0 Å². The van der Waals surface area contributed by atoms with E-state index in [2.05, 4.69) is 138 Å². The normalized spacial score (nSPS) is 22.5. The van der Waals surface area contributed by atoms with Gasteiger partial charge in [-0.1, -0.05) is 143 Å². The van der Waals surface area contributed by atoms with Crippen molar-refractivity contribution in [2.24, 2.45) is 0 Å². The third-order valence-corrected chi connectivity index (χ3v) is 16.5. The summed E-state index contributed by atoms with van der Waals surface area (Å²) in [6.07, 6.45) is 9.40. The summed E-state index contributed by atoms with van der Waals surface area (Å²) in [7, 11) is -0.618. The average molecular weight is 613 g/mol. The molecule has 4 aromatic carbocycles. The van der Waals surface area contributed by atoms with E-state index in [0.29, 0.717) is 22.6 Å². The topological polar surface area (TPSA) is 16.1 Å². The van der Waals surface area contributed by atoms with Gasteiger partial charge >= 0.3 is 0 Å². The van der Waals surface area contributed by atoms with Gasteiger partial charge in [-0.3, -0.25) is 9.88 Å². The zero-order valence-electron chi connectivity index (χ0n) is 25.4. The van der Waals surface area contributed by atoms with Gasteiger partial charge in [0, 0.05) is 47.9 Å². The van der Waals surface area contributed by atoms with Crippen molar-refractivity contribution in [3.05, 3.63) is 174 Å². The molecule has 4 atom stereocenters. The molecule has 0 aliphatic carbocycles. The number of benzene rings is 4. The van der Waals surface area contributed by atoms with Crippen LogP contribution in [0.25, 0.3) is 0 Å². The Morgan fingerprint density at radius 1 is 0.455 bits per heavy atom. The number of aromatic nitrogens is 1. The van der Waals surface area contributed by atoms with E-state index >= 15 is 0 Å². The maximum atomic E-state index is 4.85. The van der Waals surface area contributed by atoms with E-state index in [1.807, 2.05) is 12.3 Å². The minimum atomic E-state index is -0.309. The van der Waals surface area contributed by atoms with Crippen LogP contribution in [0.3, 0.4) is 0 Å². The molecule has 1 aromatic heterocycles. The van der Waals surface area contributed by atoms with Crippen molar-refractivity contribution in [2.75, 3.05) is 12.6 Å². The minimum absolute atomic E-state index is 0.309. The van der Waals surface area contributed by atoms with E-state index in [9.17, 15) is 0 Å². The molecule has 0 radical (unpaired) electrons. The summed E-state index contributed by atoms with van der Waals surface area (Å²) in [4.78, 5) is 7.70. The molecule has 7 rings (SSSR count). The monoisotopic (exact) mass is 612 g/mol. The molecular weight excluding hydrogens is 570 g/mol. The standard InChI is InChI=1S/C40H42N2P2/c1-5-15-32(16-6-1)37-24-25-38(33-17-7-2-8-18-33)43(37)30-42(29-36-23-13-14-28-41-36)31-44-39(34-19-9-3-10-20-34)26-27-40(44)35-21-11-4-12-22-35/h1-23,28,37-40H,24-27,29-31H2/t37-,38-,39-,40-/m0/s1. The summed E-state index contributed by atoms with van der Waals surface area (Å²) >= 11 is 0. The molecule has 2 aliphatic heterocycles. The molecule has 3 heterocycles. The van der Waals surface area contributed by atoms with Crippen LogP contribution in [0.4, 0.5) is 0 Å². The third kappa shape index (κ3) is 6.74. The fourth-order valence-electron chi connectivity index (χ4n) is 7.58. The maximum absolute atomic E-state index is 4.85. The van der Waals surface area contributed by atoms with Crippen LogP contribution in [0.15, 0.2) is 146 Å². The van der Waals surface area contributed by atoms with Gasteiger partial charge in [0.2, 0.25) is 0 Å². The first-order chi connectivity index (χ1) is 21.8. The van der Waals surface area contributed by atoms with E-state index in [-0.39, 0.29) is 15.8 Å². The highest BCUT2D eigenvalue weighted by Gasteiger charge is 2.41. The second-order valence-corrected chi connectivity index (χ2v) is 17.4. The fraction of sp³-hybridized carbons (Fsp3) is 0.275. The predicted molar refractivity (Wildman–Crippen MR) is 189 cm³/mol. The quantitative estimate of drug-likeness (QED) is 0.146. The van der Waals surface area contributed by atoms with Gasteiger partial charge in [0.05, 0.1) is 5.69 Å². The molecular formula is C40H42N2P2. The summed E-state index contributed by atoms with van der Waals surface area (Å²) in [6, 6.07) is 52.1. The van der Waals surface area contributed by atoms with Crippen molar-refractivity contribution in [3.63, 3.8) is 0 Å². The molecule has 2 fully saturated rings.